The summed E-state index contributed by atoms with van der Waals surface area (Å²) in [5.41, 5.74) is 0.962. The van der Waals surface area contributed by atoms with Crippen LogP contribution in [0.2, 0.25) is 0 Å². The normalized spacial score (nSPS) is 18.4. The summed E-state index contributed by atoms with van der Waals surface area (Å²) in [6.07, 6.45) is 3.47. The Bertz CT molecular complexity index is 575. The van der Waals surface area contributed by atoms with Crippen LogP contribution in [0.5, 0.6) is 0 Å². The molecule has 0 spiro atoms. The quantitative estimate of drug-likeness (QED) is 0.765. The predicted molar refractivity (Wildman–Crippen MR) is 86.0 cm³/mol. The molecule has 1 atom stereocenters. The van der Waals surface area contributed by atoms with Crippen LogP contribution < -0.4 is 0 Å². The minimum atomic E-state index is 0.0583. The molecular weight excluding hydrogens is 304 g/mol. The van der Waals surface area contributed by atoms with E-state index in [4.69, 9.17) is 4.42 Å². The van der Waals surface area contributed by atoms with Crippen molar-refractivity contribution in [1.29, 1.82) is 0 Å². The fourth-order valence-electron chi connectivity index (χ4n) is 2.19. The second kappa shape index (κ2) is 7.04. The fraction of sp³-hybridized carbons (Fsp3) is 0.333. The molecule has 1 aliphatic rings. The predicted octanol–water partition coefficient (Wildman–Crippen LogP) is 3.18. The van der Waals surface area contributed by atoms with Crippen LogP contribution in [0.25, 0.3) is 0 Å². The topological polar surface area (TPSA) is 46.3 Å². The smallest absolute Gasteiger partial charge is 0.233 e. The van der Waals surface area contributed by atoms with E-state index in [1.807, 2.05) is 35.2 Å². The zero-order chi connectivity index (χ0) is 14.5. The number of pyridine rings is 1. The van der Waals surface area contributed by atoms with E-state index in [1.165, 1.54) is 0 Å². The fourth-order valence-corrected chi connectivity index (χ4v) is 4.21. The molecule has 4 nitrogen and oxygen atoms in total. The van der Waals surface area contributed by atoms with Gasteiger partial charge in [-0.1, -0.05) is 6.07 Å². The maximum absolute atomic E-state index is 12.0. The number of thioether (sulfide) groups is 2. The highest BCUT2D eigenvalue weighted by Gasteiger charge is 2.33. The van der Waals surface area contributed by atoms with Crippen molar-refractivity contribution in [2.75, 3.05) is 18.1 Å². The standard InChI is InChI=1S/C15H16N2O2S2/c18-14-11-21-15(13-5-1-2-6-16-13)17(14)7-9-20-10-12-4-3-8-19-12/h1-6,8,15H,7,9-11H2. The molecule has 2 aromatic rings. The van der Waals surface area contributed by atoms with Gasteiger partial charge in [0, 0.05) is 18.5 Å². The number of aromatic nitrogens is 1. The molecule has 3 rings (SSSR count). The monoisotopic (exact) mass is 320 g/mol. The Kier molecular flexibility index (Phi) is 4.87. The van der Waals surface area contributed by atoms with Gasteiger partial charge in [0.2, 0.25) is 5.91 Å². The van der Waals surface area contributed by atoms with Gasteiger partial charge in [0.1, 0.15) is 11.1 Å². The third-order valence-corrected chi connectivity index (χ3v) is 5.40. The molecule has 3 heterocycles. The van der Waals surface area contributed by atoms with Crippen molar-refractivity contribution < 1.29 is 9.21 Å². The lowest BCUT2D eigenvalue weighted by Crippen LogP contribution is -2.30. The molecule has 1 fully saturated rings. The number of carbonyl (C=O) groups is 1. The summed E-state index contributed by atoms with van der Waals surface area (Å²) in [7, 11) is 0. The molecule has 0 bridgehead atoms. The summed E-state index contributed by atoms with van der Waals surface area (Å²) < 4.78 is 5.30. The van der Waals surface area contributed by atoms with Crippen LogP contribution in [0.15, 0.2) is 47.2 Å². The highest BCUT2D eigenvalue weighted by Crippen LogP contribution is 2.37. The van der Waals surface area contributed by atoms with Gasteiger partial charge in [0.15, 0.2) is 0 Å². The van der Waals surface area contributed by atoms with E-state index in [0.29, 0.717) is 5.75 Å². The number of hydrogen-bond acceptors (Lipinski definition) is 5. The average Bonchev–Trinajstić information content (AvgIpc) is 3.15. The second-order valence-corrected chi connectivity index (χ2v) is 6.81. The molecule has 0 radical (unpaired) electrons. The van der Waals surface area contributed by atoms with Crippen molar-refractivity contribution in [2.24, 2.45) is 0 Å². The van der Waals surface area contributed by atoms with Crippen molar-refractivity contribution in [3.8, 4) is 0 Å². The van der Waals surface area contributed by atoms with Crippen LogP contribution >= 0.6 is 23.5 Å². The minimum absolute atomic E-state index is 0.0583. The summed E-state index contributed by atoms with van der Waals surface area (Å²) in [4.78, 5) is 18.3. The number of carbonyl (C=O) groups excluding carboxylic acids is 1. The Balaban J connectivity index is 1.54. The van der Waals surface area contributed by atoms with Gasteiger partial charge in [-0.15, -0.1) is 11.8 Å². The molecule has 0 N–H and O–H groups in total. The van der Waals surface area contributed by atoms with Crippen molar-refractivity contribution in [1.82, 2.24) is 9.88 Å². The van der Waals surface area contributed by atoms with Crippen LogP contribution in [0.4, 0.5) is 0 Å². The zero-order valence-electron chi connectivity index (χ0n) is 11.5. The van der Waals surface area contributed by atoms with E-state index in [-0.39, 0.29) is 11.3 Å². The zero-order valence-corrected chi connectivity index (χ0v) is 13.1. The number of amides is 1. The van der Waals surface area contributed by atoms with Crippen LogP contribution in [0, 0.1) is 0 Å². The largest absolute Gasteiger partial charge is 0.468 e. The molecule has 0 aromatic carbocycles. The van der Waals surface area contributed by atoms with E-state index in [1.54, 1.807) is 36.0 Å². The highest BCUT2D eigenvalue weighted by molar-refractivity contribution is 8.00. The van der Waals surface area contributed by atoms with Crippen molar-refractivity contribution in [2.45, 2.75) is 11.1 Å². The minimum Gasteiger partial charge on any atom is -0.468 e. The van der Waals surface area contributed by atoms with E-state index in [0.717, 1.165) is 29.5 Å². The van der Waals surface area contributed by atoms with Crippen LogP contribution in [-0.2, 0) is 10.5 Å². The number of nitrogens with zero attached hydrogens (tertiary/aromatic N) is 2. The molecule has 0 saturated carbocycles. The first-order valence-electron chi connectivity index (χ1n) is 6.77. The maximum Gasteiger partial charge on any atom is 0.233 e. The summed E-state index contributed by atoms with van der Waals surface area (Å²) in [5, 5.41) is 0.0583. The average molecular weight is 320 g/mol. The number of hydrogen-bond donors (Lipinski definition) is 0. The van der Waals surface area contributed by atoms with Crippen molar-refractivity contribution in [3.05, 3.63) is 54.2 Å². The third-order valence-electron chi connectivity index (χ3n) is 3.21. The Morgan fingerprint density at radius 3 is 3.10 bits per heavy atom. The van der Waals surface area contributed by atoms with Crippen LogP contribution in [0.3, 0.4) is 0 Å². The molecule has 21 heavy (non-hydrogen) atoms. The summed E-state index contributed by atoms with van der Waals surface area (Å²) >= 11 is 3.43. The number of furan rings is 1. The Morgan fingerprint density at radius 2 is 2.33 bits per heavy atom. The van der Waals surface area contributed by atoms with Gasteiger partial charge >= 0.3 is 0 Å². The first kappa shape index (κ1) is 14.5. The van der Waals surface area contributed by atoms with Crippen LogP contribution in [0.1, 0.15) is 16.8 Å². The van der Waals surface area contributed by atoms with Gasteiger partial charge in [-0.3, -0.25) is 9.78 Å². The maximum atomic E-state index is 12.0. The SMILES string of the molecule is O=C1CSC(c2ccccn2)N1CCSCc1ccco1. The molecule has 1 amide bonds. The Labute approximate surface area is 132 Å². The van der Waals surface area contributed by atoms with Gasteiger partial charge in [-0.2, -0.15) is 11.8 Å². The van der Waals surface area contributed by atoms with Gasteiger partial charge in [0.05, 0.1) is 23.5 Å². The second-order valence-electron chi connectivity index (χ2n) is 4.64. The summed E-state index contributed by atoms with van der Waals surface area (Å²) in [6, 6.07) is 9.72. The lowest BCUT2D eigenvalue weighted by atomic mass is 10.3. The van der Waals surface area contributed by atoms with E-state index in [9.17, 15) is 4.79 Å². The molecule has 110 valence electrons. The first-order valence-corrected chi connectivity index (χ1v) is 8.97. The lowest BCUT2D eigenvalue weighted by Gasteiger charge is -2.23. The van der Waals surface area contributed by atoms with E-state index >= 15 is 0 Å². The molecule has 1 saturated heterocycles. The van der Waals surface area contributed by atoms with Gasteiger partial charge in [-0.25, -0.2) is 0 Å². The van der Waals surface area contributed by atoms with Gasteiger partial charge in [0.25, 0.3) is 0 Å². The summed E-state index contributed by atoms with van der Waals surface area (Å²) in [5.74, 6) is 3.47. The van der Waals surface area contributed by atoms with Crippen molar-refractivity contribution in [3.63, 3.8) is 0 Å². The molecule has 0 aliphatic carbocycles. The Morgan fingerprint density at radius 1 is 1.38 bits per heavy atom. The highest BCUT2D eigenvalue weighted by atomic mass is 32.2. The molecule has 1 aliphatic heterocycles. The lowest BCUT2D eigenvalue weighted by molar-refractivity contribution is -0.127. The molecule has 1 unspecified atom stereocenters. The summed E-state index contributed by atoms with van der Waals surface area (Å²) in [6.45, 7) is 0.748. The van der Waals surface area contributed by atoms with Gasteiger partial charge in [-0.05, 0) is 24.3 Å². The molecule has 6 heteroatoms. The van der Waals surface area contributed by atoms with Crippen molar-refractivity contribution >= 4 is 29.4 Å². The van der Waals surface area contributed by atoms with Gasteiger partial charge < -0.3 is 9.32 Å². The number of rotatable bonds is 6. The molecule has 2 aromatic heterocycles. The third kappa shape index (κ3) is 3.63. The molecular formula is C15H16N2O2S2. The van der Waals surface area contributed by atoms with E-state index < -0.39 is 0 Å². The first-order chi connectivity index (χ1) is 10.3. The van der Waals surface area contributed by atoms with E-state index in [2.05, 4.69) is 4.98 Å². The Hall–Kier alpha value is -1.40. The van der Waals surface area contributed by atoms with Crippen LogP contribution in [-0.4, -0.2) is 33.8 Å².